The molecule has 0 aliphatic heterocycles. The normalized spacial score (nSPS) is 11.0. The highest BCUT2D eigenvalue weighted by atomic mass is 32.1. The molecular weight excluding hydrogens is 398 g/mol. The van der Waals surface area contributed by atoms with Gasteiger partial charge in [-0.1, -0.05) is 30.3 Å². The van der Waals surface area contributed by atoms with Crippen LogP contribution >= 0.6 is 11.3 Å². The number of carbonyl (C=O) groups excluding carboxylic acids is 2. The van der Waals surface area contributed by atoms with Gasteiger partial charge in [-0.25, -0.2) is 4.98 Å². The smallest absolute Gasteiger partial charge is 0.261 e. The van der Waals surface area contributed by atoms with Gasteiger partial charge in [0.15, 0.2) is 5.13 Å². The van der Waals surface area contributed by atoms with Crippen LogP contribution in [0.1, 0.15) is 45.8 Å². The third kappa shape index (κ3) is 4.41. The molecule has 0 spiro atoms. The molecule has 0 atom stereocenters. The average molecular weight is 420 g/mol. The van der Waals surface area contributed by atoms with Crippen molar-refractivity contribution in [1.29, 1.82) is 0 Å². The number of para-hydroxylation sites is 1. The van der Waals surface area contributed by atoms with Gasteiger partial charge in [-0.3, -0.25) is 14.9 Å². The summed E-state index contributed by atoms with van der Waals surface area (Å²) in [6.07, 6.45) is 2.08. The molecule has 7 heteroatoms. The van der Waals surface area contributed by atoms with E-state index in [-0.39, 0.29) is 17.9 Å². The summed E-state index contributed by atoms with van der Waals surface area (Å²) >= 11 is 1.38. The number of aromatic nitrogens is 1. The molecule has 6 nitrogen and oxygen atoms in total. The molecule has 2 aromatic heterocycles. The summed E-state index contributed by atoms with van der Waals surface area (Å²) in [6.45, 7) is 3.86. The van der Waals surface area contributed by atoms with Crippen LogP contribution in [-0.2, 0) is 6.42 Å². The van der Waals surface area contributed by atoms with Gasteiger partial charge in [0.1, 0.15) is 11.8 Å². The van der Waals surface area contributed by atoms with Crippen LogP contribution < -0.4 is 10.6 Å². The lowest BCUT2D eigenvalue weighted by atomic mass is 10.1. The van der Waals surface area contributed by atoms with Crippen LogP contribution in [0.15, 0.2) is 64.6 Å². The summed E-state index contributed by atoms with van der Waals surface area (Å²) in [6, 6.07) is 15.0. The average Bonchev–Trinajstić information content (AvgIpc) is 3.34. The van der Waals surface area contributed by atoms with E-state index in [1.165, 1.54) is 17.6 Å². The lowest BCUT2D eigenvalue weighted by molar-refractivity contribution is 0.0942. The molecule has 0 saturated carbocycles. The van der Waals surface area contributed by atoms with E-state index >= 15 is 0 Å². The van der Waals surface area contributed by atoms with Crippen LogP contribution in [-0.4, -0.2) is 22.8 Å². The van der Waals surface area contributed by atoms with Gasteiger partial charge >= 0.3 is 0 Å². The molecule has 0 aliphatic carbocycles. The second kappa shape index (κ2) is 8.51. The van der Waals surface area contributed by atoms with Crippen LogP contribution in [0.2, 0.25) is 0 Å². The number of hydrogen-bond acceptors (Lipinski definition) is 5. The maximum atomic E-state index is 12.6. The zero-order valence-electron chi connectivity index (χ0n) is 16.6. The maximum Gasteiger partial charge on any atom is 0.261 e. The Hall–Kier alpha value is -3.45. The molecule has 0 fully saturated rings. The van der Waals surface area contributed by atoms with Crippen LogP contribution in [0.4, 0.5) is 5.13 Å². The lowest BCUT2D eigenvalue weighted by Gasteiger charge is -2.08. The van der Waals surface area contributed by atoms with Crippen molar-refractivity contribution in [2.75, 3.05) is 5.32 Å². The largest absolute Gasteiger partial charge is 0.463 e. The first-order chi connectivity index (χ1) is 14.5. The molecule has 0 unspecified atom stereocenters. The van der Waals surface area contributed by atoms with E-state index in [0.717, 1.165) is 16.6 Å². The number of amides is 2. The third-order valence-corrected chi connectivity index (χ3v) is 5.33. The summed E-state index contributed by atoms with van der Waals surface area (Å²) in [7, 11) is 0. The third-order valence-electron chi connectivity index (χ3n) is 4.52. The van der Waals surface area contributed by atoms with Gasteiger partial charge in [-0.2, -0.15) is 0 Å². The molecule has 2 N–H and O–H groups in total. The summed E-state index contributed by atoms with van der Waals surface area (Å²) < 4.78 is 5.43. The monoisotopic (exact) mass is 419 g/mol. The first kappa shape index (κ1) is 19.8. The summed E-state index contributed by atoms with van der Waals surface area (Å²) in [5.41, 5.74) is 3.68. The fourth-order valence-corrected chi connectivity index (χ4v) is 3.80. The molecule has 2 amide bonds. The van der Waals surface area contributed by atoms with Crippen molar-refractivity contribution in [3.8, 4) is 0 Å². The van der Waals surface area contributed by atoms with E-state index in [0.29, 0.717) is 28.3 Å². The number of fused-ring (bicyclic) bond motifs is 1. The number of nitrogens with one attached hydrogen (secondary N) is 2. The molecule has 2 heterocycles. The standard InChI is InChI=1S/C23H21N3O3S/c1-14(2)24-21(27)16-9-7-15(8-10-16)11-17-13-30-23(25-17)26-22(28)19-12-29-20-6-4-3-5-18(19)20/h3-10,12-14H,11H2,1-2H3,(H,24,27)(H,25,26,28). The Morgan fingerprint density at radius 1 is 1.07 bits per heavy atom. The predicted molar refractivity (Wildman–Crippen MR) is 118 cm³/mol. The molecule has 4 aromatic rings. The molecule has 0 radical (unpaired) electrons. The van der Waals surface area contributed by atoms with E-state index in [2.05, 4.69) is 15.6 Å². The number of carbonyl (C=O) groups is 2. The summed E-state index contributed by atoms with van der Waals surface area (Å²) in [4.78, 5) is 29.1. The van der Waals surface area contributed by atoms with Gasteiger partial charge < -0.3 is 9.73 Å². The van der Waals surface area contributed by atoms with Gasteiger partial charge in [0.05, 0.1) is 11.3 Å². The molecular formula is C23H21N3O3S. The van der Waals surface area contributed by atoms with E-state index in [1.807, 2.05) is 67.8 Å². The highest BCUT2D eigenvalue weighted by Gasteiger charge is 2.15. The van der Waals surface area contributed by atoms with Crippen molar-refractivity contribution in [2.45, 2.75) is 26.3 Å². The SMILES string of the molecule is CC(C)NC(=O)c1ccc(Cc2csc(NC(=O)c3coc4ccccc34)n2)cc1. The van der Waals surface area contributed by atoms with Crippen molar-refractivity contribution in [1.82, 2.24) is 10.3 Å². The Morgan fingerprint density at radius 2 is 1.83 bits per heavy atom. The minimum absolute atomic E-state index is 0.0815. The van der Waals surface area contributed by atoms with Gasteiger partial charge in [0.2, 0.25) is 0 Å². The predicted octanol–water partition coefficient (Wildman–Crippen LogP) is 4.87. The zero-order valence-corrected chi connectivity index (χ0v) is 17.5. The molecule has 4 rings (SSSR count). The highest BCUT2D eigenvalue weighted by Crippen LogP contribution is 2.23. The molecule has 30 heavy (non-hydrogen) atoms. The highest BCUT2D eigenvalue weighted by molar-refractivity contribution is 7.14. The molecule has 152 valence electrons. The number of rotatable bonds is 6. The lowest BCUT2D eigenvalue weighted by Crippen LogP contribution is -2.29. The van der Waals surface area contributed by atoms with E-state index < -0.39 is 0 Å². The van der Waals surface area contributed by atoms with E-state index in [9.17, 15) is 9.59 Å². The van der Waals surface area contributed by atoms with Gasteiger partial charge in [0, 0.05) is 28.8 Å². The maximum absolute atomic E-state index is 12.6. The minimum Gasteiger partial charge on any atom is -0.463 e. The number of thiazole rings is 1. The number of anilines is 1. The summed E-state index contributed by atoms with van der Waals surface area (Å²) in [5.74, 6) is -0.330. The van der Waals surface area contributed by atoms with Crippen LogP contribution in [0.25, 0.3) is 11.0 Å². The zero-order chi connectivity index (χ0) is 21.1. The van der Waals surface area contributed by atoms with Crippen LogP contribution in [0.5, 0.6) is 0 Å². The fraction of sp³-hybridized carbons (Fsp3) is 0.174. The minimum atomic E-state index is -0.249. The van der Waals surface area contributed by atoms with Gasteiger partial charge in [-0.15, -0.1) is 11.3 Å². The number of hydrogen-bond donors (Lipinski definition) is 2. The molecule has 0 saturated heterocycles. The Kier molecular flexibility index (Phi) is 5.63. The van der Waals surface area contributed by atoms with Crippen LogP contribution in [0.3, 0.4) is 0 Å². The first-order valence-electron chi connectivity index (χ1n) is 9.61. The fourth-order valence-electron chi connectivity index (χ4n) is 3.09. The van der Waals surface area contributed by atoms with Crippen molar-refractivity contribution in [3.05, 3.63) is 82.6 Å². The van der Waals surface area contributed by atoms with Gasteiger partial charge in [0.25, 0.3) is 11.8 Å². The summed E-state index contributed by atoms with van der Waals surface area (Å²) in [5, 5.41) is 8.94. The molecule has 0 aliphatic rings. The molecule has 2 aromatic carbocycles. The Balaban J connectivity index is 1.40. The van der Waals surface area contributed by atoms with Crippen molar-refractivity contribution < 1.29 is 14.0 Å². The quantitative estimate of drug-likeness (QED) is 0.467. The number of benzene rings is 2. The Morgan fingerprint density at radius 3 is 2.60 bits per heavy atom. The second-order valence-corrected chi connectivity index (χ2v) is 8.10. The topological polar surface area (TPSA) is 84.2 Å². The Labute approximate surface area is 177 Å². The van der Waals surface area contributed by atoms with Gasteiger partial charge in [-0.05, 0) is 37.6 Å². The van der Waals surface area contributed by atoms with E-state index in [4.69, 9.17) is 4.42 Å². The first-order valence-corrected chi connectivity index (χ1v) is 10.5. The Bertz CT molecular complexity index is 1190. The second-order valence-electron chi connectivity index (χ2n) is 7.25. The molecule has 0 bridgehead atoms. The van der Waals surface area contributed by atoms with Crippen molar-refractivity contribution in [2.24, 2.45) is 0 Å². The van der Waals surface area contributed by atoms with Crippen LogP contribution in [0, 0.1) is 0 Å². The number of nitrogens with zero attached hydrogens (tertiary/aromatic N) is 1. The van der Waals surface area contributed by atoms with Crippen molar-refractivity contribution in [3.63, 3.8) is 0 Å². The number of furan rings is 1. The van der Waals surface area contributed by atoms with Crippen molar-refractivity contribution >= 4 is 39.3 Å². The van der Waals surface area contributed by atoms with E-state index in [1.54, 1.807) is 0 Å².